The zero-order chi connectivity index (χ0) is 24.1. The summed E-state index contributed by atoms with van der Waals surface area (Å²) in [5.74, 6) is 0.0430. The number of nitrogens with zero attached hydrogens (tertiary/aromatic N) is 3. The Bertz CT molecular complexity index is 1090. The fourth-order valence-corrected chi connectivity index (χ4v) is 5.66. The van der Waals surface area contributed by atoms with Crippen molar-refractivity contribution in [3.63, 3.8) is 0 Å². The summed E-state index contributed by atoms with van der Waals surface area (Å²) in [6.45, 7) is 12.0. The van der Waals surface area contributed by atoms with Crippen molar-refractivity contribution in [1.29, 1.82) is 0 Å². The third-order valence-corrected chi connectivity index (χ3v) is 8.45. The third kappa shape index (κ3) is 6.24. The van der Waals surface area contributed by atoms with E-state index in [1.165, 1.54) is 25.9 Å². The number of hydrogen-bond donors (Lipinski definition) is 1. The van der Waals surface area contributed by atoms with Crippen molar-refractivity contribution in [2.45, 2.75) is 38.1 Å². The normalized spacial score (nSPS) is 17.9. The number of aryl methyl sites for hydroxylation is 2. The molecule has 0 unspecified atom stereocenters. The number of likely N-dealkylation sites (tertiary alicyclic amines) is 1. The van der Waals surface area contributed by atoms with E-state index in [9.17, 15) is 13.2 Å². The van der Waals surface area contributed by atoms with Crippen LogP contribution in [-0.2, 0) is 16.6 Å². The lowest BCUT2D eigenvalue weighted by molar-refractivity contribution is 0.0626. The van der Waals surface area contributed by atoms with Crippen LogP contribution in [0.25, 0.3) is 0 Å². The van der Waals surface area contributed by atoms with E-state index in [0.29, 0.717) is 5.56 Å². The molecule has 8 heteroatoms. The van der Waals surface area contributed by atoms with E-state index in [1.54, 1.807) is 24.3 Å². The molecule has 2 fully saturated rings. The lowest BCUT2D eigenvalue weighted by Crippen LogP contribution is -2.50. The van der Waals surface area contributed by atoms with Crippen LogP contribution in [0.4, 0.5) is 0 Å². The number of piperazine rings is 1. The van der Waals surface area contributed by atoms with Crippen molar-refractivity contribution < 1.29 is 13.2 Å². The molecule has 2 aromatic carbocycles. The molecule has 0 atom stereocenters. The van der Waals surface area contributed by atoms with Crippen molar-refractivity contribution in [3.8, 4) is 0 Å². The quantitative estimate of drug-likeness (QED) is 0.624. The summed E-state index contributed by atoms with van der Waals surface area (Å²) in [4.78, 5) is 20.1. The van der Waals surface area contributed by atoms with Crippen LogP contribution < -0.4 is 4.72 Å². The summed E-state index contributed by atoms with van der Waals surface area (Å²) in [5, 5.41) is 0. The van der Waals surface area contributed by atoms with Crippen LogP contribution in [0, 0.1) is 13.8 Å². The van der Waals surface area contributed by atoms with Gasteiger partial charge in [-0.3, -0.25) is 9.69 Å². The molecule has 0 aromatic heterocycles. The van der Waals surface area contributed by atoms with Gasteiger partial charge in [-0.2, -0.15) is 0 Å². The molecule has 184 valence electrons. The van der Waals surface area contributed by atoms with Crippen molar-refractivity contribution in [2.24, 2.45) is 0 Å². The summed E-state index contributed by atoms with van der Waals surface area (Å²) < 4.78 is 27.9. The topological polar surface area (TPSA) is 73.0 Å². The second-order valence-electron chi connectivity index (χ2n) is 9.45. The lowest BCUT2D eigenvalue weighted by Gasteiger charge is -2.35. The average molecular weight is 485 g/mol. The van der Waals surface area contributed by atoms with E-state index in [0.717, 1.165) is 56.0 Å². The molecule has 2 aliphatic heterocycles. The molecule has 2 aromatic rings. The van der Waals surface area contributed by atoms with Crippen LogP contribution in [0.15, 0.2) is 47.4 Å². The molecule has 1 amide bonds. The molecule has 7 nitrogen and oxygen atoms in total. The van der Waals surface area contributed by atoms with Crippen molar-refractivity contribution in [3.05, 3.63) is 64.7 Å². The first-order valence-electron chi connectivity index (χ1n) is 12.2. The third-order valence-electron chi connectivity index (χ3n) is 7.05. The van der Waals surface area contributed by atoms with E-state index in [4.69, 9.17) is 0 Å². The van der Waals surface area contributed by atoms with Gasteiger partial charge in [0.25, 0.3) is 5.91 Å². The van der Waals surface area contributed by atoms with Crippen molar-refractivity contribution in [2.75, 3.05) is 52.4 Å². The molecular weight excluding hydrogens is 448 g/mol. The van der Waals surface area contributed by atoms with Gasteiger partial charge in [0.15, 0.2) is 0 Å². The molecule has 0 spiro atoms. The Morgan fingerprint density at radius 1 is 0.824 bits per heavy atom. The predicted molar refractivity (Wildman–Crippen MR) is 134 cm³/mol. The van der Waals surface area contributed by atoms with Crippen molar-refractivity contribution >= 4 is 15.9 Å². The highest BCUT2D eigenvalue weighted by molar-refractivity contribution is 7.89. The van der Waals surface area contributed by atoms with Crippen LogP contribution >= 0.6 is 0 Å². The Kier molecular flexibility index (Phi) is 8.03. The largest absolute Gasteiger partial charge is 0.336 e. The summed E-state index contributed by atoms with van der Waals surface area (Å²) in [5.41, 5.74) is 3.46. The smallest absolute Gasteiger partial charge is 0.253 e. The highest BCUT2D eigenvalue weighted by Gasteiger charge is 2.23. The first-order valence-corrected chi connectivity index (χ1v) is 13.7. The Balaban J connectivity index is 1.26. The van der Waals surface area contributed by atoms with Gasteiger partial charge in [-0.05, 0) is 80.7 Å². The van der Waals surface area contributed by atoms with Crippen LogP contribution in [0.5, 0.6) is 0 Å². The van der Waals surface area contributed by atoms with Gasteiger partial charge in [0.2, 0.25) is 10.0 Å². The minimum Gasteiger partial charge on any atom is -0.336 e. The Hall–Kier alpha value is -2.26. The summed E-state index contributed by atoms with van der Waals surface area (Å²) >= 11 is 0. The monoisotopic (exact) mass is 484 g/mol. The molecule has 0 aliphatic carbocycles. The minimum atomic E-state index is -3.59. The number of rotatable bonds is 8. The molecule has 2 heterocycles. The number of carbonyl (C=O) groups is 1. The van der Waals surface area contributed by atoms with Crippen LogP contribution in [0.2, 0.25) is 0 Å². The van der Waals surface area contributed by atoms with Gasteiger partial charge in [-0.1, -0.05) is 18.2 Å². The van der Waals surface area contributed by atoms with E-state index in [2.05, 4.69) is 14.5 Å². The number of benzene rings is 2. The van der Waals surface area contributed by atoms with Crippen LogP contribution in [-0.4, -0.2) is 81.4 Å². The number of carbonyl (C=O) groups excluding carboxylic acids is 1. The molecule has 2 aliphatic rings. The molecule has 0 saturated carbocycles. The first-order chi connectivity index (χ1) is 16.3. The Morgan fingerprint density at radius 2 is 1.44 bits per heavy atom. The van der Waals surface area contributed by atoms with Gasteiger partial charge >= 0.3 is 0 Å². The maximum absolute atomic E-state index is 12.9. The Labute approximate surface area is 203 Å². The minimum absolute atomic E-state index is 0.0430. The van der Waals surface area contributed by atoms with Gasteiger partial charge in [-0.15, -0.1) is 0 Å². The van der Waals surface area contributed by atoms with Gasteiger partial charge < -0.3 is 9.80 Å². The Morgan fingerprint density at radius 3 is 2.06 bits per heavy atom. The number of hydrogen-bond acceptors (Lipinski definition) is 5. The molecule has 4 rings (SSSR count). The fourth-order valence-electron chi connectivity index (χ4n) is 4.55. The zero-order valence-electron chi connectivity index (χ0n) is 20.3. The van der Waals surface area contributed by atoms with Crippen LogP contribution in [0.1, 0.15) is 39.9 Å². The highest BCUT2D eigenvalue weighted by atomic mass is 32.2. The molecular formula is C26H36N4O3S. The van der Waals surface area contributed by atoms with Crippen LogP contribution in [0.3, 0.4) is 0 Å². The second-order valence-corrected chi connectivity index (χ2v) is 11.2. The van der Waals surface area contributed by atoms with E-state index in [1.807, 2.05) is 36.9 Å². The maximum Gasteiger partial charge on any atom is 0.253 e. The molecule has 2 saturated heterocycles. The van der Waals surface area contributed by atoms with E-state index in [-0.39, 0.29) is 17.3 Å². The predicted octanol–water partition coefficient (Wildman–Crippen LogP) is 2.64. The maximum atomic E-state index is 12.9. The lowest BCUT2D eigenvalue weighted by atomic mass is 10.1. The SMILES string of the molecule is Cc1ccc(S(=O)(=O)NCc2ccc(C(=O)N3CCN(CCN4CCCC4)CC3)cc2)cc1C. The number of nitrogens with one attached hydrogen (secondary N) is 1. The fraction of sp³-hybridized carbons (Fsp3) is 0.500. The molecule has 34 heavy (non-hydrogen) atoms. The van der Waals surface area contributed by atoms with E-state index < -0.39 is 10.0 Å². The summed E-state index contributed by atoms with van der Waals surface area (Å²) in [6.07, 6.45) is 2.64. The first kappa shape index (κ1) is 24.9. The summed E-state index contributed by atoms with van der Waals surface area (Å²) in [7, 11) is -3.59. The zero-order valence-corrected chi connectivity index (χ0v) is 21.1. The summed E-state index contributed by atoms with van der Waals surface area (Å²) in [6, 6.07) is 12.4. The molecule has 0 radical (unpaired) electrons. The number of sulfonamides is 1. The average Bonchev–Trinajstić information content (AvgIpc) is 3.37. The second kappa shape index (κ2) is 11.0. The van der Waals surface area contributed by atoms with Gasteiger partial charge in [0.05, 0.1) is 4.90 Å². The molecule has 0 bridgehead atoms. The van der Waals surface area contributed by atoms with Gasteiger partial charge in [-0.25, -0.2) is 13.1 Å². The van der Waals surface area contributed by atoms with E-state index >= 15 is 0 Å². The standard InChI is InChI=1S/C26H36N4O3S/c1-21-5-10-25(19-22(21)2)34(32,33)27-20-23-6-8-24(9-7-23)26(31)30-17-15-29(16-18-30)14-13-28-11-3-4-12-28/h5-10,19,27H,3-4,11-18,20H2,1-2H3. The number of amides is 1. The van der Waals surface area contributed by atoms with Crippen molar-refractivity contribution in [1.82, 2.24) is 19.4 Å². The van der Waals surface area contributed by atoms with Gasteiger partial charge in [0, 0.05) is 51.4 Å². The van der Waals surface area contributed by atoms with Gasteiger partial charge in [0.1, 0.15) is 0 Å². The molecule has 1 N–H and O–H groups in total. The highest BCUT2D eigenvalue weighted by Crippen LogP contribution is 2.16.